The van der Waals surface area contributed by atoms with Crippen LogP contribution >= 0.6 is 11.8 Å². The van der Waals surface area contributed by atoms with Crippen molar-refractivity contribution in [3.05, 3.63) is 46.4 Å². The predicted molar refractivity (Wildman–Crippen MR) is 102 cm³/mol. The highest BCUT2D eigenvalue weighted by Crippen LogP contribution is 2.23. The highest BCUT2D eigenvalue weighted by atomic mass is 32.2. The number of hydrogen-bond acceptors (Lipinski definition) is 7. The fraction of sp³-hybridized carbons (Fsp3) is 0.333. The Labute approximate surface area is 156 Å². The van der Waals surface area contributed by atoms with Crippen LogP contribution in [0.15, 0.2) is 45.4 Å². The van der Waals surface area contributed by atoms with Gasteiger partial charge in [-0.1, -0.05) is 31.2 Å². The molecule has 0 bridgehead atoms. The molecule has 0 radical (unpaired) electrons. The molecule has 2 rings (SSSR count). The molecular formula is C18H21N3O4S. The van der Waals surface area contributed by atoms with Crippen LogP contribution in [0.4, 0.5) is 0 Å². The average Bonchev–Trinajstić information content (AvgIpc) is 2.99. The van der Waals surface area contributed by atoms with Gasteiger partial charge >= 0.3 is 5.97 Å². The molecule has 1 aliphatic rings. The number of benzene rings is 1. The van der Waals surface area contributed by atoms with E-state index in [0.717, 1.165) is 35.4 Å². The molecule has 1 fully saturated rings. The van der Waals surface area contributed by atoms with Crippen LogP contribution in [0.1, 0.15) is 31.4 Å². The Morgan fingerprint density at radius 3 is 2.73 bits per heavy atom. The highest BCUT2D eigenvalue weighted by molar-refractivity contribution is 8.18. The van der Waals surface area contributed by atoms with Gasteiger partial charge in [-0.05, 0) is 36.2 Å². The molecule has 0 aliphatic carbocycles. The number of thioether (sulfide) groups is 1. The minimum atomic E-state index is -0.593. The smallest absolute Gasteiger partial charge is 0.331 e. The molecule has 0 spiro atoms. The number of esters is 1. The Morgan fingerprint density at radius 2 is 2.08 bits per heavy atom. The van der Waals surface area contributed by atoms with Gasteiger partial charge in [-0.2, -0.15) is 5.10 Å². The second kappa shape index (κ2) is 9.88. The zero-order valence-electron chi connectivity index (χ0n) is 14.9. The first-order chi connectivity index (χ1) is 12.5. The summed E-state index contributed by atoms with van der Waals surface area (Å²) in [5.41, 5.74) is 1.96. The van der Waals surface area contributed by atoms with Gasteiger partial charge in [0.05, 0.1) is 30.9 Å². The van der Waals surface area contributed by atoms with Crippen molar-refractivity contribution in [3.63, 3.8) is 0 Å². The molecule has 8 heteroatoms. The van der Waals surface area contributed by atoms with E-state index in [1.54, 1.807) is 6.21 Å². The first-order valence-electron chi connectivity index (χ1n) is 8.12. The van der Waals surface area contributed by atoms with E-state index >= 15 is 0 Å². The van der Waals surface area contributed by atoms with Gasteiger partial charge in [-0.15, -0.1) is 5.10 Å². The summed E-state index contributed by atoms with van der Waals surface area (Å²) in [5.74, 6) is -0.996. The first kappa shape index (κ1) is 19.9. The molecule has 138 valence electrons. The number of carbonyl (C=O) groups is 2. The van der Waals surface area contributed by atoms with Crippen molar-refractivity contribution >= 4 is 35.0 Å². The predicted octanol–water partition coefficient (Wildman–Crippen LogP) is 2.61. The number of nitrogens with zero attached hydrogens (tertiary/aromatic N) is 2. The Kier molecular flexibility index (Phi) is 7.55. The van der Waals surface area contributed by atoms with Crippen molar-refractivity contribution in [3.8, 4) is 0 Å². The van der Waals surface area contributed by atoms with E-state index < -0.39 is 11.9 Å². The Morgan fingerprint density at radius 1 is 1.35 bits per heavy atom. The van der Waals surface area contributed by atoms with Crippen molar-refractivity contribution in [2.24, 2.45) is 10.2 Å². The van der Waals surface area contributed by atoms with Gasteiger partial charge < -0.3 is 9.47 Å². The Bertz CT molecular complexity index is 741. The standard InChI is InChI=1S/C18H21N3O4S/c1-4-12(2)25-11-14-7-5-13(6-8-14)10-19-21-18-20-17(23)15(26-18)9-16(22)24-3/h5-10,12H,4,11H2,1-3H3,(H,20,21,23)/b15-9+,19-10?. The number of ether oxygens (including phenoxy) is 2. The van der Waals surface area contributed by atoms with Crippen molar-refractivity contribution in [1.29, 1.82) is 0 Å². The normalized spacial score (nSPS) is 18.5. The number of nitrogens with one attached hydrogen (secondary N) is 1. The van der Waals surface area contributed by atoms with E-state index in [4.69, 9.17) is 4.74 Å². The average molecular weight is 375 g/mol. The summed E-state index contributed by atoms with van der Waals surface area (Å²) in [6.07, 6.45) is 3.92. The molecule has 1 saturated heterocycles. The Balaban J connectivity index is 1.92. The molecule has 1 heterocycles. The molecular weight excluding hydrogens is 354 g/mol. The maximum absolute atomic E-state index is 11.7. The van der Waals surface area contributed by atoms with Crippen molar-refractivity contribution in [2.75, 3.05) is 7.11 Å². The fourth-order valence-electron chi connectivity index (χ4n) is 1.85. The maximum Gasteiger partial charge on any atom is 0.331 e. The summed E-state index contributed by atoms with van der Waals surface area (Å²) < 4.78 is 10.2. The lowest BCUT2D eigenvalue weighted by atomic mass is 10.1. The second-order valence-electron chi connectivity index (χ2n) is 5.51. The van der Waals surface area contributed by atoms with Gasteiger partial charge in [0.25, 0.3) is 5.91 Å². The van der Waals surface area contributed by atoms with Crippen LogP contribution in [0, 0.1) is 0 Å². The van der Waals surface area contributed by atoms with Gasteiger partial charge in [0.15, 0.2) is 5.17 Å². The van der Waals surface area contributed by atoms with Crippen LogP contribution in [-0.4, -0.2) is 36.5 Å². The molecule has 1 unspecified atom stereocenters. The van der Waals surface area contributed by atoms with E-state index in [2.05, 4.69) is 27.2 Å². The fourth-order valence-corrected chi connectivity index (χ4v) is 2.58. The van der Waals surface area contributed by atoms with Crippen LogP contribution in [-0.2, 0) is 25.7 Å². The second-order valence-corrected chi connectivity index (χ2v) is 6.54. The molecule has 0 saturated carbocycles. The number of carbonyl (C=O) groups excluding carboxylic acids is 2. The van der Waals surface area contributed by atoms with Crippen LogP contribution in [0.25, 0.3) is 0 Å². The van der Waals surface area contributed by atoms with Crippen molar-refractivity contribution in [1.82, 2.24) is 5.32 Å². The number of methoxy groups -OCH3 is 1. The quantitative estimate of drug-likeness (QED) is 0.342. The summed E-state index contributed by atoms with van der Waals surface area (Å²) >= 11 is 1.03. The lowest BCUT2D eigenvalue weighted by molar-refractivity contribution is -0.135. The summed E-state index contributed by atoms with van der Waals surface area (Å²) in [6.45, 7) is 4.71. The molecule has 1 aromatic rings. The summed E-state index contributed by atoms with van der Waals surface area (Å²) in [5, 5.41) is 10.7. The van der Waals surface area contributed by atoms with Crippen molar-refractivity contribution < 1.29 is 19.1 Å². The topological polar surface area (TPSA) is 89.4 Å². The van der Waals surface area contributed by atoms with E-state index in [0.29, 0.717) is 11.8 Å². The van der Waals surface area contributed by atoms with E-state index in [1.165, 1.54) is 7.11 Å². The van der Waals surface area contributed by atoms with E-state index in [9.17, 15) is 9.59 Å². The maximum atomic E-state index is 11.7. The zero-order valence-corrected chi connectivity index (χ0v) is 15.7. The lowest BCUT2D eigenvalue weighted by Crippen LogP contribution is -2.19. The highest BCUT2D eigenvalue weighted by Gasteiger charge is 2.24. The minimum absolute atomic E-state index is 0.219. The molecule has 1 aromatic carbocycles. The minimum Gasteiger partial charge on any atom is -0.466 e. The van der Waals surface area contributed by atoms with Crippen molar-refractivity contribution in [2.45, 2.75) is 33.0 Å². The number of amidine groups is 1. The van der Waals surface area contributed by atoms with Crippen LogP contribution < -0.4 is 5.32 Å². The monoisotopic (exact) mass is 375 g/mol. The van der Waals surface area contributed by atoms with Gasteiger partial charge in [0.1, 0.15) is 0 Å². The van der Waals surface area contributed by atoms with Gasteiger partial charge in [0.2, 0.25) is 0 Å². The first-order valence-corrected chi connectivity index (χ1v) is 8.94. The van der Waals surface area contributed by atoms with Crippen LogP contribution in [0.2, 0.25) is 0 Å². The van der Waals surface area contributed by atoms with Gasteiger partial charge in [-0.25, -0.2) is 4.79 Å². The number of amides is 1. The van der Waals surface area contributed by atoms with Gasteiger partial charge in [0, 0.05) is 6.08 Å². The third-order valence-electron chi connectivity index (χ3n) is 3.55. The number of hydrogen-bond donors (Lipinski definition) is 1. The molecule has 1 atom stereocenters. The third-order valence-corrected chi connectivity index (χ3v) is 4.45. The summed E-state index contributed by atoms with van der Waals surface area (Å²) in [7, 11) is 1.25. The molecule has 1 amide bonds. The molecule has 0 aromatic heterocycles. The molecule has 7 nitrogen and oxygen atoms in total. The summed E-state index contributed by atoms with van der Waals surface area (Å²) in [6, 6.07) is 7.78. The summed E-state index contributed by atoms with van der Waals surface area (Å²) in [4.78, 5) is 23.1. The van der Waals surface area contributed by atoms with E-state index in [1.807, 2.05) is 31.2 Å². The largest absolute Gasteiger partial charge is 0.466 e. The van der Waals surface area contributed by atoms with Crippen LogP contribution in [0.3, 0.4) is 0 Å². The van der Waals surface area contributed by atoms with Crippen LogP contribution in [0.5, 0.6) is 0 Å². The third kappa shape index (κ3) is 6.12. The Hall–Kier alpha value is -2.45. The lowest BCUT2D eigenvalue weighted by Gasteiger charge is -2.10. The molecule has 1 N–H and O–H groups in total. The van der Waals surface area contributed by atoms with Gasteiger partial charge in [-0.3, -0.25) is 10.1 Å². The van der Waals surface area contributed by atoms with E-state index in [-0.39, 0.29) is 11.0 Å². The SMILES string of the molecule is CCC(C)OCc1ccc(C=N/N=C2/NC(=O)/C(=C\C(=O)OC)S2)cc1. The zero-order chi connectivity index (χ0) is 18.9. The number of rotatable bonds is 7. The molecule has 1 aliphatic heterocycles. The molecule has 26 heavy (non-hydrogen) atoms.